The SMILES string of the molecule is COc1ccccc1COCC(O)CN1CCOC(C)C1. The van der Waals surface area contributed by atoms with Crippen molar-refractivity contribution in [2.75, 3.05) is 40.0 Å². The number of hydrogen-bond acceptors (Lipinski definition) is 5. The van der Waals surface area contributed by atoms with Gasteiger partial charge in [0.15, 0.2) is 0 Å². The first-order valence-electron chi connectivity index (χ1n) is 7.40. The molecule has 2 unspecified atom stereocenters. The Labute approximate surface area is 126 Å². The van der Waals surface area contributed by atoms with Crippen molar-refractivity contribution >= 4 is 0 Å². The smallest absolute Gasteiger partial charge is 0.124 e. The molecular weight excluding hydrogens is 270 g/mol. The number of para-hydroxylation sites is 1. The van der Waals surface area contributed by atoms with Gasteiger partial charge in [-0.25, -0.2) is 0 Å². The fourth-order valence-electron chi connectivity index (χ4n) is 2.53. The molecule has 1 N–H and O–H groups in total. The molecule has 0 bridgehead atoms. The van der Waals surface area contributed by atoms with Gasteiger partial charge in [-0.3, -0.25) is 4.90 Å². The van der Waals surface area contributed by atoms with Gasteiger partial charge in [-0.2, -0.15) is 0 Å². The number of hydrogen-bond donors (Lipinski definition) is 1. The molecule has 118 valence electrons. The summed E-state index contributed by atoms with van der Waals surface area (Å²) in [5.41, 5.74) is 0.993. The maximum absolute atomic E-state index is 10.1. The van der Waals surface area contributed by atoms with Gasteiger partial charge in [-0.05, 0) is 13.0 Å². The highest BCUT2D eigenvalue weighted by molar-refractivity contribution is 5.32. The molecule has 1 aliphatic rings. The number of methoxy groups -OCH3 is 1. The van der Waals surface area contributed by atoms with E-state index in [1.54, 1.807) is 7.11 Å². The molecule has 2 atom stereocenters. The average Bonchev–Trinajstić information content (AvgIpc) is 2.47. The molecule has 0 aromatic heterocycles. The molecule has 5 heteroatoms. The highest BCUT2D eigenvalue weighted by Crippen LogP contribution is 2.18. The Morgan fingerprint density at radius 3 is 3.00 bits per heavy atom. The van der Waals surface area contributed by atoms with Crippen LogP contribution in [0.5, 0.6) is 5.75 Å². The first kappa shape index (κ1) is 16.2. The number of ether oxygens (including phenoxy) is 3. The van der Waals surface area contributed by atoms with E-state index in [9.17, 15) is 5.11 Å². The van der Waals surface area contributed by atoms with Crippen LogP contribution in [0.25, 0.3) is 0 Å². The van der Waals surface area contributed by atoms with E-state index in [0.717, 1.165) is 31.0 Å². The van der Waals surface area contributed by atoms with Crippen LogP contribution in [0.15, 0.2) is 24.3 Å². The molecule has 0 spiro atoms. The van der Waals surface area contributed by atoms with Crippen molar-refractivity contribution in [2.24, 2.45) is 0 Å². The quantitative estimate of drug-likeness (QED) is 0.821. The summed E-state index contributed by atoms with van der Waals surface area (Å²) in [6.45, 7) is 5.91. The van der Waals surface area contributed by atoms with Gasteiger partial charge in [0, 0.05) is 25.2 Å². The minimum Gasteiger partial charge on any atom is -0.496 e. The van der Waals surface area contributed by atoms with Crippen LogP contribution in [0.4, 0.5) is 0 Å². The molecule has 0 amide bonds. The van der Waals surface area contributed by atoms with Crippen LogP contribution in [0, 0.1) is 0 Å². The van der Waals surface area contributed by atoms with Gasteiger partial charge in [0.2, 0.25) is 0 Å². The fraction of sp³-hybridized carbons (Fsp3) is 0.625. The fourth-order valence-corrected chi connectivity index (χ4v) is 2.53. The van der Waals surface area contributed by atoms with E-state index in [1.165, 1.54) is 0 Å². The van der Waals surface area contributed by atoms with E-state index in [1.807, 2.05) is 24.3 Å². The third-order valence-corrected chi connectivity index (χ3v) is 3.55. The van der Waals surface area contributed by atoms with Crippen molar-refractivity contribution in [3.05, 3.63) is 29.8 Å². The normalized spacial score (nSPS) is 21.2. The van der Waals surface area contributed by atoms with Crippen LogP contribution in [-0.2, 0) is 16.1 Å². The van der Waals surface area contributed by atoms with E-state index in [-0.39, 0.29) is 6.10 Å². The van der Waals surface area contributed by atoms with Crippen molar-refractivity contribution < 1.29 is 19.3 Å². The topological polar surface area (TPSA) is 51.2 Å². The molecule has 2 rings (SSSR count). The minimum absolute atomic E-state index is 0.237. The standard InChI is InChI=1S/C16H25NO4/c1-13-9-17(7-8-21-13)10-15(18)12-20-11-14-5-3-4-6-16(14)19-2/h3-6,13,15,18H,7-12H2,1-2H3. The highest BCUT2D eigenvalue weighted by atomic mass is 16.5. The molecule has 1 aromatic rings. The van der Waals surface area contributed by atoms with Gasteiger partial charge in [0.25, 0.3) is 0 Å². The molecule has 1 aromatic carbocycles. The van der Waals surface area contributed by atoms with Crippen molar-refractivity contribution in [2.45, 2.75) is 25.7 Å². The number of nitrogens with zero attached hydrogens (tertiary/aromatic N) is 1. The zero-order chi connectivity index (χ0) is 15.1. The average molecular weight is 295 g/mol. The molecule has 0 saturated carbocycles. The summed E-state index contributed by atoms with van der Waals surface area (Å²) in [5, 5.41) is 10.1. The van der Waals surface area contributed by atoms with E-state index in [0.29, 0.717) is 19.8 Å². The molecule has 5 nitrogen and oxygen atoms in total. The Balaban J connectivity index is 1.70. The van der Waals surface area contributed by atoms with Crippen LogP contribution >= 0.6 is 0 Å². The number of aliphatic hydroxyl groups is 1. The number of β-amino-alcohol motifs (C(OH)–C–C–N with tert-alkyl or cyclic N) is 1. The number of morpholine rings is 1. The zero-order valence-electron chi connectivity index (χ0n) is 12.8. The molecule has 1 saturated heterocycles. The molecule has 0 aliphatic carbocycles. The van der Waals surface area contributed by atoms with Gasteiger partial charge >= 0.3 is 0 Å². The van der Waals surface area contributed by atoms with Crippen molar-refractivity contribution in [3.63, 3.8) is 0 Å². The van der Waals surface area contributed by atoms with Crippen molar-refractivity contribution in [3.8, 4) is 5.75 Å². The maximum atomic E-state index is 10.1. The van der Waals surface area contributed by atoms with Crippen LogP contribution in [0.3, 0.4) is 0 Å². The lowest BCUT2D eigenvalue weighted by Crippen LogP contribution is -2.45. The summed E-state index contributed by atoms with van der Waals surface area (Å²) in [6, 6.07) is 7.75. The predicted molar refractivity (Wildman–Crippen MR) is 80.5 cm³/mol. The first-order chi connectivity index (χ1) is 10.2. The van der Waals surface area contributed by atoms with Crippen molar-refractivity contribution in [1.82, 2.24) is 4.90 Å². The lowest BCUT2D eigenvalue weighted by molar-refractivity contribution is -0.0456. The van der Waals surface area contributed by atoms with Gasteiger partial charge < -0.3 is 19.3 Å². The molecule has 21 heavy (non-hydrogen) atoms. The van der Waals surface area contributed by atoms with Crippen molar-refractivity contribution in [1.29, 1.82) is 0 Å². The van der Waals surface area contributed by atoms with E-state index >= 15 is 0 Å². The summed E-state index contributed by atoms with van der Waals surface area (Å²) in [6.07, 6.45) is -0.245. The predicted octanol–water partition coefficient (Wildman–Crippen LogP) is 1.29. The van der Waals surface area contributed by atoms with E-state index in [2.05, 4.69) is 11.8 Å². The molecule has 1 heterocycles. The summed E-state index contributed by atoms with van der Waals surface area (Å²) in [7, 11) is 1.65. The minimum atomic E-state index is -0.481. The highest BCUT2D eigenvalue weighted by Gasteiger charge is 2.19. The lowest BCUT2D eigenvalue weighted by atomic mass is 10.2. The third-order valence-electron chi connectivity index (χ3n) is 3.55. The Hall–Kier alpha value is -1.14. The van der Waals surface area contributed by atoms with Gasteiger partial charge in [-0.15, -0.1) is 0 Å². The summed E-state index contributed by atoms with van der Waals surface area (Å²) >= 11 is 0. The molecule has 1 aliphatic heterocycles. The van der Waals surface area contributed by atoms with Gasteiger partial charge in [0.05, 0.1) is 39.1 Å². The van der Waals surface area contributed by atoms with E-state index < -0.39 is 6.10 Å². The van der Waals surface area contributed by atoms with Crippen LogP contribution in [0.2, 0.25) is 0 Å². The van der Waals surface area contributed by atoms with Crippen LogP contribution in [0.1, 0.15) is 12.5 Å². The Bertz CT molecular complexity index is 426. The Morgan fingerprint density at radius 1 is 1.43 bits per heavy atom. The Morgan fingerprint density at radius 2 is 2.24 bits per heavy atom. The largest absolute Gasteiger partial charge is 0.496 e. The number of rotatable bonds is 7. The molecule has 1 fully saturated rings. The number of benzene rings is 1. The summed E-state index contributed by atoms with van der Waals surface area (Å²) in [5.74, 6) is 0.814. The summed E-state index contributed by atoms with van der Waals surface area (Å²) < 4.78 is 16.4. The van der Waals surface area contributed by atoms with Gasteiger partial charge in [0.1, 0.15) is 5.75 Å². The third kappa shape index (κ3) is 5.28. The van der Waals surface area contributed by atoms with Gasteiger partial charge in [-0.1, -0.05) is 18.2 Å². The van der Waals surface area contributed by atoms with Crippen LogP contribution in [-0.4, -0.2) is 62.2 Å². The second-order valence-electron chi connectivity index (χ2n) is 5.42. The number of aliphatic hydroxyl groups excluding tert-OH is 1. The second kappa shape index (κ2) is 8.34. The summed E-state index contributed by atoms with van der Waals surface area (Å²) in [4.78, 5) is 2.21. The lowest BCUT2D eigenvalue weighted by Gasteiger charge is -2.32. The molecule has 0 radical (unpaired) electrons. The maximum Gasteiger partial charge on any atom is 0.124 e. The molecular formula is C16H25NO4. The second-order valence-corrected chi connectivity index (χ2v) is 5.42. The van der Waals surface area contributed by atoms with Crippen LogP contribution < -0.4 is 4.74 Å². The Kier molecular flexibility index (Phi) is 6.45. The van der Waals surface area contributed by atoms with E-state index in [4.69, 9.17) is 14.2 Å². The zero-order valence-corrected chi connectivity index (χ0v) is 12.8. The first-order valence-corrected chi connectivity index (χ1v) is 7.40. The monoisotopic (exact) mass is 295 g/mol.